The van der Waals surface area contributed by atoms with Crippen molar-refractivity contribution >= 4 is 5.84 Å². The summed E-state index contributed by atoms with van der Waals surface area (Å²) in [7, 11) is 0. The predicted molar refractivity (Wildman–Crippen MR) is 52.4 cm³/mol. The van der Waals surface area contributed by atoms with Crippen molar-refractivity contribution in [2.75, 3.05) is 32.7 Å². The van der Waals surface area contributed by atoms with Gasteiger partial charge in [0.15, 0.2) is 0 Å². The number of nitriles is 1. The van der Waals surface area contributed by atoms with Crippen LogP contribution in [0.25, 0.3) is 0 Å². The molecule has 0 N–H and O–H groups in total. The van der Waals surface area contributed by atoms with E-state index >= 15 is 0 Å². The minimum atomic E-state index is 0.846. The van der Waals surface area contributed by atoms with Crippen molar-refractivity contribution in [1.29, 1.82) is 5.26 Å². The third-order valence-electron chi connectivity index (χ3n) is 2.49. The van der Waals surface area contributed by atoms with Gasteiger partial charge in [0.25, 0.3) is 0 Å². The standard InChI is InChI=1S/C9H16N4/c1-3-12-4-6-13(7-5-12)9(2)11-8-10/h3-7H2,1-2H3. The van der Waals surface area contributed by atoms with Crippen LogP contribution in [0.5, 0.6) is 0 Å². The van der Waals surface area contributed by atoms with E-state index in [1.807, 2.05) is 13.1 Å². The minimum Gasteiger partial charge on any atom is -0.357 e. The van der Waals surface area contributed by atoms with Gasteiger partial charge in [0.05, 0.1) is 0 Å². The molecule has 1 aliphatic heterocycles. The van der Waals surface area contributed by atoms with E-state index in [2.05, 4.69) is 21.7 Å². The summed E-state index contributed by atoms with van der Waals surface area (Å²) in [6, 6.07) is 0. The fourth-order valence-electron chi connectivity index (χ4n) is 1.53. The first kappa shape index (κ1) is 10.0. The lowest BCUT2D eigenvalue weighted by Gasteiger charge is -2.34. The van der Waals surface area contributed by atoms with Crippen molar-refractivity contribution in [3.05, 3.63) is 0 Å². The molecule has 0 aromatic carbocycles. The zero-order valence-corrected chi connectivity index (χ0v) is 8.32. The van der Waals surface area contributed by atoms with Crippen LogP contribution in [-0.4, -0.2) is 48.4 Å². The van der Waals surface area contributed by atoms with Gasteiger partial charge in [0.2, 0.25) is 6.19 Å². The van der Waals surface area contributed by atoms with Gasteiger partial charge >= 0.3 is 0 Å². The normalized spacial score (nSPS) is 20.1. The first-order valence-corrected chi connectivity index (χ1v) is 4.68. The van der Waals surface area contributed by atoms with Crippen LogP contribution in [0.2, 0.25) is 0 Å². The molecule has 0 aromatic heterocycles. The molecule has 0 atom stereocenters. The summed E-state index contributed by atoms with van der Waals surface area (Å²) in [6.45, 7) is 9.32. The number of hydrogen-bond donors (Lipinski definition) is 0. The highest BCUT2D eigenvalue weighted by Gasteiger charge is 2.15. The number of amidine groups is 1. The van der Waals surface area contributed by atoms with Crippen LogP contribution < -0.4 is 0 Å². The molecule has 4 nitrogen and oxygen atoms in total. The lowest BCUT2D eigenvalue weighted by Crippen LogP contribution is -2.47. The highest BCUT2D eigenvalue weighted by Crippen LogP contribution is 2.01. The maximum absolute atomic E-state index is 8.39. The monoisotopic (exact) mass is 180 g/mol. The second-order valence-corrected chi connectivity index (χ2v) is 3.18. The van der Waals surface area contributed by atoms with Gasteiger partial charge in [-0.1, -0.05) is 6.92 Å². The van der Waals surface area contributed by atoms with Crippen molar-refractivity contribution in [3.8, 4) is 6.19 Å². The van der Waals surface area contributed by atoms with Crippen molar-refractivity contribution in [1.82, 2.24) is 9.80 Å². The number of likely N-dealkylation sites (N-methyl/N-ethyl adjacent to an activating group) is 1. The summed E-state index contributed by atoms with van der Waals surface area (Å²) in [6.07, 6.45) is 1.82. The zero-order valence-electron chi connectivity index (χ0n) is 8.32. The van der Waals surface area contributed by atoms with Crippen LogP contribution >= 0.6 is 0 Å². The highest BCUT2D eigenvalue weighted by atomic mass is 15.3. The SMILES string of the molecule is CCN1CCN(C(C)=NC#N)CC1. The molecule has 4 heteroatoms. The summed E-state index contributed by atoms with van der Waals surface area (Å²) in [5.74, 6) is 0.846. The molecule has 0 aromatic rings. The average molecular weight is 180 g/mol. The molecule has 1 rings (SSSR count). The maximum atomic E-state index is 8.39. The fourth-order valence-corrected chi connectivity index (χ4v) is 1.53. The molecule has 1 fully saturated rings. The Morgan fingerprint density at radius 2 is 2.00 bits per heavy atom. The molecule has 0 bridgehead atoms. The molecule has 72 valence electrons. The van der Waals surface area contributed by atoms with Crippen LogP contribution in [0, 0.1) is 11.5 Å². The second-order valence-electron chi connectivity index (χ2n) is 3.18. The van der Waals surface area contributed by atoms with Crippen LogP contribution in [-0.2, 0) is 0 Å². The van der Waals surface area contributed by atoms with Crippen molar-refractivity contribution < 1.29 is 0 Å². The number of aliphatic imine (C=N–C) groups is 1. The Morgan fingerprint density at radius 1 is 1.38 bits per heavy atom. The lowest BCUT2D eigenvalue weighted by molar-refractivity contribution is 0.189. The zero-order chi connectivity index (χ0) is 9.68. The summed E-state index contributed by atoms with van der Waals surface area (Å²) in [4.78, 5) is 8.29. The lowest BCUT2D eigenvalue weighted by atomic mass is 10.3. The van der Waals surface area contributed by atoms with Crippen molar-refractivity contribution in [2.45, 2.75) is 13.8 Å². The second kappa shape index (κ2) is 4.83. The molecule has 0 spiro atoms. The summed E-state index contributed by atoms with van der Waals surface area (Å²) >= 11 is 0. The molecule has 0 amide bonds. The summed E-state index contributed by atoms with van der Waals surface area (Å²) in [5.41, 5.74) is 0. The van der Waals surface area contributed by atoms with Crippen molar-refractivity contribution in [2.24, 2.45) is 4.99 Å². The number of rotatable bonds is 1. The molecule has 0 saturated carbocycles. The molecular weight excluding hydrogens is 164 g/mol. The number of nitrogens with zero attached hydrogens (tertiary/aromatic N) is 4. The van der Waals surface area contributed by atoms with E-state index in [0.717, 1.165) is 38.6 Å². The van der Waals surface area contributed by atoms with Gasteiger partial charge in [-0.15, -0.1) is 0 Å². The Bertz CT molecular complexity index is 220. The van der Waals surface area contributed by atoms with Gasteiger partial charge in [-0.05, 0) is 13.5 Å². The van der Waals surface area contributed by atoms with E-state index in [1.54, 1.807) is 0 Å². The van der Waals surface area contributed by atoms with Gasteiger partial charge in [0.1, 0.15) is 5.84 Å². The molecule has 1 aliphatic rings. The van der Waals surface area contributed by atoms with Crippen LogP contribution in [0.3, 0.4) is 0 Å². The maximum Gasteiger partial charge on any atom is 0.207 e. The van der Waals surface area contributed by atoms with Gasteiger partial charge in [-0.25, -0.2) is 0 Å². The fraction of sp³-hybridized carbons (Fsp3) is 0.778. The Morgan fingerprint density at radius 3 is 2.46 bits per heavy atom. The third kappa shape index (κ3) is 2.71. The minimum absolute atomic E-state index is 0.846. The predicted octanol–water partition coefficient (Wildman–Crippen LogP) is 0.523. The van der Waals surface area contributed by atoms with Crippen LogP contribution in [0.1, 0.15) is 13.8 Å². The topological polar surface area (TPSA) is 42.6 Å². The van der Waals surface area contributed by atoms with Gasteiger partial charge in [-0.3, -0.25) is 0 Å². The molecule has 13 heavy (non-hydrogen) atoms. The van der Waals surface area contributed by atoms with E-state index in [1.165, 1.54) is 0 Å². The Labute approximate surface area is 79.5 Å². The van der Waals surface area contributed by atoms with E-state index in [-0.39, 0.29) is 0 Å². The summed E-state index contributed by atoms with van der Waals surface area (Å²) in [5, 5.41) is 8.39. The quantitative estimate of drug-likeness (QED) is 0.336. The highest BCUT2D eigenvalue weighted by molar-refractivity contribution is 5.80. The van der Waals surface area contributed by atoms with Crippen molar-refractivity contribution in [3.63, 3.8) is 0 Å². The molecule has 0 radical (unpaired) electrons. The van der Waals surface area contributed by atoms with E-state index < -0.39 is 0 Å². The molecule has 0 aliphatic carbocycles. The number of hydrogen-bond acceptors (Lipinski definition) is 3. The molecule has 1 saturated heterocycles. The Balaban J connectivity index is 2.42. The van der Waals surface area contributed by atoms with E-state index in [0.29, 0.717) is 0 Å². The number of piperazine rings is 1. The van der Waals surface area contributed by atoms with Gasteiger partial charge in [-0.2, -0.15) is 10.3 Å². The van der Waals surface area contributed by atoms with Crippen LogP contribution in [0.15, 0.2) is 4.99 Å². The smallest absolute Gasteiger partial charge is 0.207 e. The van der Waals surface area contributed by atoms with Crippen LogP contribution in [0.4, 0.5) is 0 Å². The summed E-state index contributed by atoms with van der Waals surface area (Å²) < 4.78 is 0. The third-order valence-corrected chi connectivity index (χ3v) is 2.49. The van der Waals surface area contributed by atoms with E-state index in [9.17, 15) is 0 Å². The van der Waals surface area contributed by atoms with E-state index in [4.69, 9.17) is 5.26 Å². The Kier molecular flexibility index (Phi) is 3.71. The Hall–Kier alpha value is -1.08. The molecular formula is C9H16N4. The molecule has 0 unspecified atom stereocenters. The van der Waals surface area contributed by atoms with Gasteiger partial charge < -0.3 is 9.80 Å². The first-order chi connectivity index (χ1) is 6.27. The first-order valence-electron chi connectivity index (χ1n) is 4.68. The molecule has 1 heterocycles. The average Bonchev–Trinajstić information content (AvgIpc) is 2.18. The van der Waals surface area contributed by atoms with Gasteiger partial charge in [0, 0.05) is 26.2 Å². The largest absolute Gasteiger partial charge is 0.357 e.